The Hall–Kier alpha value is -1.27. The van der Waals surface area contributed by atoms with Crippen molar-refractivity contribution in [2.75, 3.05) is 24.7 Å². The molecule has 0 saturated heterocycles. The first-order chi connectivity index (χ1) is 5.52. The molecular weight excluding hydrogens is 208 g/mol. The second-order valence-electron chi connectivity index (χ2n) is 2.75. The van der Waals surface area contributed by atoms with Gasteiger partial charge >= 0.3 is 0 Å². The maximum absolute atomic E-state index is 9.27. The van der Waals surface area contributed by atoms with Gasteiger partial charge in [0.2, 0.25) is 11.8 Å². The first kappa shape index (κ1) is 15.2. The molecule has 0 aliphatic rings. The van der Waals surface area contributed by atoms with Gasteiger partial charge in [-0.15, -0.1) is 12.4 Å². The zero-order chi connectivity index (χ0) is 9.30. The zero-order valence-corrected chi connectivity index (χ0v) is 9.09. The molecule has 0 saturated carbocycles. The van der Waals surface area contributed by atoms with E-state index in [1.54, 1.807) is 25.9 Å². The van der Waals surface area contributed by atoms with Crippen LogP contribution in [0.1, 0.15) is 5.56 Å². The Labute approximate surface area is 88.5 Å². The minimum absolute atomic E-state index is 0. The summed E-state index contributed by atoms with van der Waals surface area (Å²) >= 11 is 0. The molecule has 0 bridgehead atoms. The number of nitrogens with two attached hydrogens (primary N) is 1. The van der Waals surface area contributed by atoms with Crippen molar-refractivity contribution in [3.8, 4) is 5.88 Å². The van der Waals surface area contributed by atoms with Crippen LogP contribution in [0.25, 0.3) is 0 Å². The van der Waals surface area contributed by atoms with Crippen LogP contribution in [0.5, 0.6) is 5.88 Å². The summed E-state index contributed by atoms with van der Waals surface area (Å²) in [6, 6.07) is 0. The lowest BCUT2D eigenvalue weighted by Gasteiger charge is -2.11. The van der Waals surface area contributed by atoms with E-state index in [0.29, 0.717) is 17.3 Å². The van der Waals surface area contributed by atoms with Crippen LogP contribution in [0, 0.1) is 6.92 Å². The quantitative estimate of drug-likeness (QED) is 0.681. The molecule has 7 heteroatoms. The molecule has 1 aromatic heterocycles. The summed E-state index contributed by atoms with van der Waals surface area (Å²) in [5.74, 6) is 0.660. The lowest BCUT2D eigenvalue weighted by molar-refractivity contribution is 0.448. The van der Waals surface area contributed by atoms with Gasteiger partial charge in [0.25, 0.3) is 0 Å². The number of nitrogens with zero attached hydrogens (tertiary/aromatic N) is 3. The molecule has 5 N–H and O–H groups in total. The normalized spacial score (nSPS) is 8.50. The fourth-order valence-electron chi connectivity index (χ4n) is 0.710. The number of nitrogen functional groups attached to an aromatic ring is 1. The second-order valence-corrected chi connectivity index (χ2v) is 2.75. The average Bonchev–Trinajstić information content (AvgIpc) is 1.99. The third-order valence-corrected chi connectivity index (χ3v) is 1.55. The Morgan fingerprint density at radius 1 is 1.29 bits per heavy atom. The number of aromatic nitrogens is 2. The lowest BCUT2D eigenvalue weighted by Crippen LogP contribution is -2.14. The van der Waals surface area contributed by atoms with E-state index in [0.717, 1.165) is 0 Å². The third kappa shape index (κ3) is 2.90. The largest absolute Gasteiger partial charge is 0.493 e. The van der Waals surface area contributed by atoms with Gasteiger partial charge in [0.15, 0.2) is 0 Å². The first-order valence-corrected chi connectivity index (χ1v) is 3.52. The van der Waals surface area contributed by atoms with Gasteiger partial charge in [0.05, 0.1) is 5.56 Å². The van der Waals surface area contributed by atoms with Crippen molar-refractivity contribution in [2.45, 2.75) is 6.92 Å². The van der Waals surface area contributed by atoms with Crippen molar-refractivity contribution in [1.29, 1.82) is 0 Å². The SMILES string of the molecule is Cc1c(N)nc(N(C)C)nc1O.Cl.O. The predicted octanol–water partition coefficient (Wildman–Crippen LogP) is -0.264. The van der Waals surface area contributed by atoms with Crippen molar-refractivity contribution in [1.82, 2.24) is 9.97 Å². The third-order valence-electron chi connectivity index (χ3n) is 1.55. The van der Waals surface area contributed by atoms with E-state index in [9.17, 15) is 5.11 Å². The summed E-state index contributed by atoms with van der Waals surface area (Å²) in [7, 11) is 3.56. The Balaban J connectivity index is 0. The first-order valence-electron chi connectivity index (χ1n) is 3.52. The van der Waals surface area contributed by atoms with Crippen LogP contribution in [0.2, 0.25) is 0 Å². The molecule has 0 aliphatic carbocycles. The minimum atomic E-state index is -0.0637. The van der Waals surface area contributed by atoms with Gasteiger partial charge in [-0.05, 0) is 6.92 Å². The van der Waals surface area contributed by atoms with Crippen molar-refractivity contribution < 1.29 is 10.6 Å². The Bertz CT molecular complexity index is 283. The molecule has 0 unspecified atom stereocenters. The van der Waals surface area contributed by atoms with Crippen molar-refractivity contribution in [2.24, 2.45) is 0 Å². The number of halogens is 1. The molecule has 14 heavy (non-hydrogen) atoms. The second kappa shape index (κ2) is 5.46. The molecule has 0 fully saturated rings. The summed E-state index contributed by atoms with van der Waals surface area (Å²) in [6.07, 6.45) is 0. The highest BCUT2D eigenvalue weighted by Gasteiger charge is 2.07. The van der Waals surface area contributed by atoms with E-state index in [4.69, 9.17) is 5.73 Å². The highest BCUT2D eigenvalue weighted by molar-refractivity contribution is 5.85. The van der Waals surface area contributed by atoms with Gasteiger partial charge < -0.3 is 21.2 Å². The molecule has 6 nitrogen and oxygen atoms in total. The highest BCUT2D eigenvalue weighted by atomic mass is 35.5. The van der Waals surface area contributed by atoms with Crippen LogP contribution in [-0.4, -0.2) is 34.6 Å². The van der Waals surface area contributed by atoms with E-state index in [1.165, 1.54) is 0 Å². The standard InChI is InChI=1S/C7H12N4O.ClH.H2O/c1-4-5(8)9-7(11(2)3)10-6(4)12;;/h1-3H3,(H3,8,9,10,12);1H;1H2. The highest BCUT2D eigenvalue weighted by Crippen LogP contribution is 2.20. The topological polar surface area (TPSA) is 107 Å². The molecule has 0 aliphatic heterocycles. The van der Waals surface area contributed by atoms with Crippen LogP contribution in [0.15, 0.2) is 0 Å². The van der Waals surface area contributed by atoms with Gasteiger partial charge in [0, 0.05) is 14.1 Å². The minimum Gasteiger partial charge on any atom is -0.493 e. The molecule has 82 valence electrons. The van der Waals surface area contributed by atoms with Crippen LogP contribution < -0.4 is 10.6 Å². The molecule has 1 rings (SSSR count). The molecule has 1 heterocycles. The van der Waals surface area contributed by atoms with Crippen molar-refractivity contribution >= 4 is 24.2 Å². The van der Waals surface area contributed by atoms with Gasteiger partial charge in [-0.1, -0.05) is 0 Å². The molecule has 0 spiro atoms. The van der Waals surface area contributed by atoms with E-state index in [-0.39, 0.29) is 23.8 Å². The molecular formula is C7H15ClN4O2. The van der Waals surface area contributed by atoms with E-state index in [1.807, 2.05) is 0 Å². The van der Waals surface area contributed by atoms with Gasteiger partial charge in [-0.25, -0.2) is 0 Å². The van der Waals surface area contributed by atoms with Gasteiger partial charge in [-0.3, -0.25) is 0 Å². The Morgan fingerprint density at radius 2 is 1.79 bits per heavy atom. The van der Waals surface area contributed by atoms with Crippen LogP contribution in [0.4, 0.5) is 11.8 Å². The fraction of sp³-hybridized carbons (Fsp3) is 0.429. The summed E-state index contributed by atoms with van der Waals surface area (Å²) in [6.45, 7) is 1.67. The Kier molecular flexibility index (Phi) is 5.93. The molecule has 0 aromatic carbocycles. The summed E-state index contributed by atoms with van der Waals surface area (Å²) < 4.78 is 0. The van der Waals surface area contributed by atoms with Crippen molar-refractivity contribution in [3.63, 3.8) is 0 Å². The summed E-state index contributed by atoms with van der Waals surface area (Å²) in [5.41, 5.74) is 6.04. The van der Waals surface area contributed by atoms with E-state index in [2.05, 4.69) is 9.97 Å². The van der Waals surface area contributed by atoms with E-state index >= 15 is 0 Å². The number of aromatic hydroxyl groups is 1. The molecule has 0 atom stereocenters. The summed E-state index contributed by atoms with van der Waals surface area (Å²) in [4.78, 5) is 9.47. The molecule has 1 aromatic rings. The maximum atomic E-state index is 9.27. The molecule has 0 amide bonds. The van der Waals surface area contributed by atoms with Crippen LogP contribution in [-0.2, 0) is 0 Å². The summed E-state index contributed by atoms with van der Waals surface area (Å²) in [5, 5.41) is 9.27. The maximum Gasteiger partial charge on any atom is 0.230 e. The lowest BCUT2D eigenvalue weighted by atomic mass is 10.3. The van der Waals surface area contributed by atoms with E-state index < -0.39 is 0 Å². The number of rotatable bonds is 1. The fourth-order valence-corrected chi connectivity index (χ4v) is 0.710. The number of hydrogen-bond acceptors (Lipinski definition) is 5. The molecule has 0 radical (unpaired) electrons. The van der Waals surface area contributed by atoms with Crippen LogP contribution in [0.3, 0.4) is 0 Å². The smallest absolute Gasteiger partial charge is 0.230 e. The number of anilines is 2. The van der Waals surface area contributed by atoms with Crippen LogP contribution >= 0.6 is 12.4 Å². The predicted molar refractivity (Wildman–Crippen MR) is 58.0 cm³/mol. The average molecular weight is 223 g/mol. The number of hydrogen-bond donors (Lipinski definition) is 2. The van der Waals surface area contributed by atoms with Gasteiger partial charge in [-0.2, -0.15) is 9.97 Å². The Morgan fingerprint density at radius 3 is 2.14 bits per heavy atom. The van der Waals surface area contributed by atoms with Crippen molar-refractivity contribution in [3.05, 3.63) is 5.56 Å². The monoisotopic (exact) mass is 222 g/mol. The zero-order valence-electron chi connectivity index (χ0n) is 8.27. The van der Waals surface area contributed by atoms with Gasteiger partial charge in [0.1, 0.15) is 5.82 Å².